The summed E-state index contributed by atoms with van der Waals surface area (Å²) < 4.78 is 5.71. The number of carbonyl (C=O) groups excluding carboxylic acids is 1. The molecule has 1 N–H and O–H groups in total. The van der Waals surface area contributed by atoms with E-state index in [1.165, 1.54) is 0 Å². The molecule has 5 heteroatoms. The van der Waals surface area contributed by atoms with E-state index in [0.717, 1.165) is 10.0 Å². The monoisotopic (exact) mass is 272 g/mol. The lowest BCUT2D eigenvalue weighted by atomic mass is 10.3. The van der Waals surface area contributed by atoms with Crippen molar-refractivity contribution in [2.24, 2.45) is 0 Å². The molecule has 0 aliphatic rings. The van der Waals surface area contributed by atoms with Crippen LogP contribution in [0.4, 0.5) is 5.82 Å². The van der Waals surface area contributed by atoms with Crippen molar-refractivity contribution in [3.05, 3.63) is 22.3 Å². The zero-order valence-corrected chi connectivity index (χ0v) is 10.3. The molecule has 82 valence electrons. The number of anilines is 1. The molecule has 0 saturated carbocycles. The molecular weight excluding hydrogens is 260 g/mol. The lowest BCUT2D eigenvalue weighted by molar-refractivity contribution is -0.117. The average Bonchev–Trinajstić information content (AvgIpc) is 2.19. The molecule has 0 aliphatic heterocycles. The van der Waals surface area contributed by atoms with Crippen LogP contribution < -0.4 is 5.32 Å². The van der Waals surface area contributed by atoms with Gasteiger partial charge >= 0.3 is 0 Å². The number of methoxy groups -OCH3 is 1. The van der Waals surface area contributed by atoms with Gasteiger partial charge in [0.05, 0.1) is 13.0 Å². The lowest BCUT2D eigenvalue weighted by Gasteiger charge is -2.06. The number of hydrogen-bond acceptors (Lipinski definition) is 3. The van der Waals surface area contributed by atoms with Gasteiger partial charge in [-0.05, 0) is 34.5 Å². The van der Waals surface area contributed by atoms with Gasteiger partial charge < -0.3 is 10.1 Å². The number of aryl methyl sites for hydroxylation is 1. The topological polar surface area (TPSA) is 51.2 Å². The van der Waals surface area contributed by atoms with Crippen molar-refractivity contribution in [1.82, 2.24) is 4.98 Å². The van der Waals surface area contributed by atoms with Crippen LogP contribution in [0.25, 0.3) is 0 Å². The van der Waals surface area contributed by atoms with E-state index in [1.807, 2.05) is 13.0 Å². The molecule has 1 aromatic rings. The SMILES string of the molecule is COCCC(=O)Nc1ncc(Br)cc1C. The molecule has 0 spiro atoms. The number of nitrogens with zero attached hydrogens (tertiary/aromatic N) is 1. The van der Waals surface area contributed by atoms with Gasteiger partial charge in [-0.3, -0.25) is 4.79 Å². The Morgan fingerprint density at radius 2 is 2.40 bits per heavy atom. The van der Waals surface area contributed by atoms with Crippen LogP contribution >= 0.6 is 15.9 Å². The molecule has 0 aromatic carbocycles. The number of nitrogens with one attached hydrogen (secondary N) is 1. The van der Waals surface area contributed by atoms with Crippen LogP contribution in [-0.2, 0) is 9.53 Å². The molecule has 1 rings (SSSR count). The maximum absolute atomic E-state index is 11.4. The van der Waals surface area contributed by atoms with Gasteiger partial charge in [0.1, 0.15) is 5.82 Å². The minimum Gasteiger partial charge on any atom is -0.384 e. The fourth-order valence-corrected chi connectivity index (χ4v) is 1.51. The summed E-state index contributed by atoms with van der Waals surface area (Å²) in [4.78, 5) is 15.5. The van der Waals surface area contributed by atoms with E-state index in [-0.39, 0.29) is 5.91 Å². The number of rotatable bonds is 4. The number of amides is 1. The molecule has 0 bridgehead atoms. The van der Waals surface area contributed by atoms with Crippen LogP contribution in [0.1, 0.15) is 12.0 Å². The van der Waals surface area contributed by atoms with E-state index in [0.29, 0.717) is 18.8 Å². The molecule has 0 radical (unpaired) electrons. The Labute approximate surface area is 97.2 Å². The van der Waals surface area contributed by atoms with E-state index in [2.05, 4.69) is 26.2 Å². The van der Waals surface area contributed by atoms with Gasteiger partial charge in [0, 0.05) is 17.8 Å². The maximum Gasteiger partial charge on any atom is 0.227 e. The Balaban J connectivity index is 2.60. The minimum atomic E-state index is -0.0882. The van der Waals surface area contributed by atoms with Gasteiger partial charge in [0.25, 0.3) is 0 Å². The summed E-state index contributed by atoms with van der Waals surface area (Å²) in [5.41, 5.74) is 0.926. The lowest BCUT2D eigenvalue weighted by Crippen LogP contribution is -2.15. The fraction of sp³-hybridized carbons (Fsp3) is 0.400. The van der Waals surface area contributed by atoms with Crippen molar-refractivity contribution in [3.8, 4) is 0 Å². The van der Waals surface area contributed by atoms with Crippen molar-refractivity contribution >= 4 is 27.7 Å². The van der Waals surface area contributed by atoms with Gasteiger partial charge in [-0.25, -0.2) is 4.98 Å². The molecule has 15 heavy (non-hydrogen) atoms. The molecule has 0 unspecified atom stereocenters. The highest BCUT2D eigenvalue weighted by molar-refractivity contribution is 9.10. The molecule has 0 saturated heterocycles. The predicted molar refractivity (Wildman–Crippen MR) is 61.8 cm³/mol. The Hall–Kier alpha value is -0.940. The largest absolute Gasteiger partial charge is 0.384 e. The first-order chi connectivity index (χ1) is 7.13. The average molecular weight is 273 g/mol. The van der Waals surface area contributed by atoms with Gasteiger partial charge in [-0.2, -0.15) is 0 Å². The summed E-state index contributed by atoms with van der Waals surface area (Å²) in [6.07, 6.45) is 1.99. The Kier molecular flexibility index (Phi) is 4.71. The van der Waals surface area contributed by atoms with E-state index in [1.54, 1.807) is 13.3 Å². The summed E-state index contributed by atoms with van der Waals surface area (Å²) in [6.45, 7) is 2.31. The van der Waals surface area contributed by atoms with Crippen molar-refractivity contribution in [2.45, 2.75) is 13.3 Å². The Morgan fingerprint density at radius 1 is 1.67 bits per heavy atom. The van der Waals surface area contributed by atoms with Crippen LogP contribution in [0, 0.1) is 6.92 Å². The molecular formula is C10H13BrN2O2. The summed E-state index contributed by atoms with van der Waals surface area (Å²) in [5.74, 6) is 0.508. The number of carbonyl (C=O) groups is 1. The smallest absolute Gasteiger partial charge is 0.227 e. The van der Waals surface area contributed by atoms with Crippen molar-refractivity contribution < 1.29 is 9.53 Å². The van der Waals surface area contributed by atoms with E-state index < -0.39 is 0 Å². The van der Waals surface area contributed by atoms with E-state index in [9.17, 15) is 4.79 Å². The summed E-state index contributed by atoms with van der Waals surface area (Å²) in [5, 5.41) is 2.72. The normalized spacial score (nSPS) is 10.1. The number of halogens is 1. The second kappa shape index (κ2) is 5.82. The molecule has 0 atom stereocenters. The molecule has 1 heterocycles. The third kappa shape index (κ3) is 3.97. The van der Waals surface area contributed by atoms with Crippen LogP contribution in [0.15, 0.2) is 16.7 Å². The zero-order chi connectivity index (χ0) is 11.3. The van der Waals surface area contributed by atoms with Gasteiger partial charge in [-0.15, -0.1) is 0 Å². The standard InChI is InChI=1S/C10H13BrN2O2/c1-7-5-8(11)6-12-10(7)13-9(14)3-4-15-2/h5-6H,3-4H2,1-2H3,(H,12,13,14). The van der Waals surface area contributed by atoms with Crippen LogP contribution in [-0.4, -0.2) is 24.6 Å². The van der Waals surface area contributed by atoms with Crippen molar-refractivity contribution in [2.75, 3.05) is 19.0 Å². The second-order valence-electron chi connectivity index (χ2n) is 3.11. The third-order valence-corrected chi connectivity index (χ3v) is 2.27. The van der Waals surface area contributed by atoms with E-state index >= 15 is 0 Å². The van der Waals surface area contributed by atoms with Gasteiger partial charge in [0.15, 0.2) is 0 Å². The Bertz CT molecular complexity index is 355. The number of pyridine rings is 1. The first-order valence-electron chi connectivity index (χ1n) is 4.54. The third-order valence-electron chi connectivity index (χ3n) is 1.84. The second-order valence-corrected chi connectivity index (χ2v) is 4.03. The first kappa shape index (κ1) is 12.1. The summed E-state index contributed by atoms with van der Waals surface area (Å²) >= 11 is 3.31. The molecule has 1 aromatic heterocycles. The first-order valence-corrected chi connectivity index (χ1v) is 5.33. The molecule has 0 aliphatic carbocycles. The fourth-order valence-electron chi connectivity index (χ4n) is 1.06. The number of ether oxygens (including phenoxy) is 1. The molecule has 1 amide bonds. The van der Waals surface area contributed by atoms with E-state index in [4.69, 9.17) is 4.74 Å². The molecule has 0 fully saturated rings. The number of hydrogen-bond donors (Lipinski definition) is 1. The maximum atomic E-state index is 11.4. The van der Waals surface area contributed by atoms with Crippen molar-refractivity contribution in [1.29, 1.82) is 0 Å². The summed E-state index contributed by atoms with van der Waals surface area (Å²) in [6, 6.07) is 1.90. The number of aromatic nitrogens is 1. The summed E-state index contributed by atoms with van der Waals surface area (Å²) in [7, 11) is 1.57. The zero-order valence-electron chi connectivity index (χ0n) is 8.71. The van der Waals surface area contributed by atoms with Crippen LogP contribution in [0.3, 0.4) is 0 Å². The highest BCUT2D eigenvalue weighted by Gasteiger charge is 2.05. The van der Waals surface area contributed by atoms with Gasteiger partial charge in [-0.1, -0.05) is 0 Å². The Morgan fingerprint density at radius 3 is 3.00 bits per heavy atom. The molecule has 4 nitrogen and oxygen atoms in total. The van der Waals surface area contributed by atoms with Crippen LogP contribution in [0.2, 0.25) is 0 Å². The minimum absolute atomic E-state index is 0.0882. The predicted octanol–water partition coefficient (Wildman–Crippen LogP) is 2.13. The van der Waals surface area contributed by atoms with Crippen molar-refractivity contribution in [3.63, 3.8) is 0 Å². The quantitative estimate of drug-likeness (QED) is 0.914. The highest BCUT2D eigenvalue weighted by Crippen LogP contribution is 2.16. The van der Waals surface area contributed by atoms with Crippen LogP contribution in [0.5, 0.6) is 0 Å². The van der Waals surface area contributed by atoms with Gasteiger partial charge in [0.2, 0.25) is 5.91 Å². The highest BCUT2D eigenvalue weighted by atomic mass is 79.9.